The Morgan fingerprint density at radius 3 is 2.82 bits per heavy atom. The van der Waals surface area contributed by atoms with E-state index in [1.54, 1.807) is 0 Å². The predicted molar refractivity (Wildman–Crippen MR) is 80.1 cm³/mol. The first-order chi connectivity index (χ1) is 10.6. The number of rotatable bonds is 5. The maximum atomic E-state index is 13.8. The van der Waals surface area contributed by atoms with Crippen molar-refractivity contribution in [3.8, 4) is 0 Å². The minimum absolute atomic E-state index is 0.237. The maximum absolute atomic E-state index is 13.8. The second-order valence-electron chi connectivity index (χ2n) is 5.50. The first-order valence-corrected chi connectivity index (χ1v) is 7.35. The van der Waals surface area contributed by atoms with Gasteiger partial charge in [0.2, 0.25) is 0 Å². The van der Waals surface area contributed by atoms with Gasteiger partial charge in [-0.25, -0.2) is 4.39 Å². The van der Waals surface area contributed by atoms with E-state index in [2.05, 4.69) is 10.4 Å². The van der Waals surface area contributed by atoms with Crippen molar-refractivity contribution in [2.24, 2.45) is 0 Å². The zero-order valence-corrected chi connectivity index (χ0v) is 12.0. The molecular weight excluding hydrogens is 287 g/mol. The Morgan fingerprint density at radius 1 is 1.36 bits per heavy atom. The van der Waals surface area contributed by atoms with Gasteiger partial charge in [0.25, 0.3) is 5.69 Å². The van der Waals surface area contributed by atoms with Gasteiger partial charge in [-0.3, -0.25) is 14.8 Å². The van der Waals surface area contributed by atoms with Gasteiger partial charge in [0.1, 0.15) is 0 Å². The Bertz CT molecular complexity index is 680. The van der Waals surface area contributed by atoms with E-state index in [9.17, 15) is 14.5 Å². The van der Waals surface area contributed by atoms with Crippen molar-refractivity contribution in [3.05, 3.63) is 52.1 Å². The number of halogens is 1. The highest BCUT2D eigenvalue weighted by atomic mass is 19.1. The molecule has 0 aliphatic heterocycles. The molecule has 7 heteroatoms. The zero-order valence-electron chi connectivity index (χ0n) is 12.0. The topological polar surface area (TPSA) is 73.0 Å². The van der Waals surface area contributed by atoms with Crippen molar-refractivity contribution in [1.29, 1.82) is 0 Å². The van der Waals surface area contributed by atoms with Gasteiger partial charge in [0.15, 0.2) is 5.82 Å². The number of hydrogen-bond donors (Lipinski definition) is 1. The summed E-state index contributed by atoms with van der Waals surface area (Å²) < 4.78 is 15.8. The summed E-state index contributed by atoms with van der Waals surface area (Å²) in [5.74, 6) is -0.635. The van der Waals surface area contributed by atoms with Gasteiger partial charge >= 0.3 is 0 Å². The Kier molecular flexibility index (Phi) is 4.04. The molecule has 116 valence electrons. The summed E-state index contributed by atoms with van der Waals surface area (Å²) in [5, 5.41) is 18.0. The van der Waals surface area contributed by atoms with Crippen LogP contribution in [0.25, 0.3) is 0 Å². The highest BCUT2D eigenvalue weighted by Gasteiger charge is 2.17. The fourth-order valence-electron chi connectivity index (χ4n) is 2.79. The van der Waals surface area contributed by atoms with E-state index in [0.29, 0.717) is 12.6 Å². The van der Waals surface area contributed by atoms with Gasteiger partial charge in [-0.05, 0) is 25.0 Å². The monoisotopic (exact) mass is 304 g/mol. The zero-order chi connectivity index (χ0) is 15.5. The van der Waals surface area contributed by atoms with Gasteiger partial charge in [0, 0.05) is 12.3 Å². The number of nitrogens with one attached hydrogen (secondary N) is 1. The molecule has 1 saturated carbocycles. The number of aromatic nitrogens is 2. The molecule has 1 aliphatic carbocycles. The van der Waals surface area contributed by atoms with Crippen LogP contribution in [0.5, 0.6) is 0 Å². The van der Waals surface area contributed by atoms with Gasteiger partial charge in [-0.1, -0.05) is 12.8 Å². The van der Waals surface area contributed by atoms with Crippen molar-refractivity contribution in [2.75, 3.05) is 5.32 Å². The van der Waals surface area contributed by atoms with Crippen LogP contribution in [0.15, 0.2) is 30.5 Å². The number of nitro benzene ring substituents is 1. The van der Waals surface area contributed by atoms with Crippen LogP contribution in [0.1, 0.15) is 37.4 Å². The lowest BCUT2D eigenvalue weighted by molar-refractivity contribution is -0.385. The second-order valence-corrected chi connectivity index (χ2v) is 5.50. The first kappa shape index (κ1) is 14.5. The Morgan fingerprint density at radius 2 is 2.14 bits per heavy atom. The average Bonchev–Trinajstić information content (AvgIpc) is 3.16. The van der Waals surface area contributed by atoms with Crippen molar-refractivity contribution in [3.63, 3.8) is 0 Å². The van der Waals surface area contributed by atoms with E-state index < -0.39 is 10.7 Å². The summed E-state index contributed by atoms with van der Waals surface area (Å²) in [5.41, 5.74) is 0.805. The molecule has 0 bridgehead atoms. The molecule has 2 aromatic rings. The van der Waals surface area contributed by atoms with E-state index in [-0.39, 0.29) is 11.4 Å². The molecule has 1 aromatic heterocycles. The van der Waals surface area contributed by atoms with Gasteiger partial charge in [0.05, 0.1) is 35.0 Å². The molecule has 6 nitrogen and oxygen atoms in total. The summed E-state index contributed by atoms with van der Waals surface area (Å²) in [6, 6.07) is 5.96. The molecule has 1 N–H and O–H groups in total. The molecule has 0 saturated heterocycles. The summed E-state index contributed by atoms with van der Waals surface area (Å²) in [6.45, 7) is 0.383. The van der Waals surface area contributed by atoms with E-state index in [1.165, 1.54) is 25.0 Å². The lowest BCUT2D eigenvalue weighted by Crippen LogP contribution is -2.07. The van der Waals surface area contributed by atoms with Crippen molar-refractivity contribution in [1.82, 2.24) is 9.78 Å². The highest BCUT2D eigenvalue weighted by Crippen LogP contribution is 2.28. The van der Waals surface area contributed by atoms with E-state index in [1.807, 2.05) is 16.9 Å². The van der Waals surface area contributed by atoms with E-state index in [0.717, 1.165) is 24.6 Å². The lowest BCUT2D eigenvalue weighted by atomic mass is 10.2. The van der Waals surface area contributed by atoms with Crippen LogP contribution < -0.4 is 5.32 Å². The minimum Gasteiger partial charge on any atom is -0.377 e. The molecule has 1 fully saturated rings. The first-order valence-electron chi connectivity index (χ1n) is 7.35. The van der Waals surface area contributed by atoms with Gasteiger partial charge in [-0.2, -0.15) is 5.10 Å². The SMILES string of the molecule is O=[N+]([O-])c1ccc(NCc2ccn(C3CCCC3)n2)c(F)c1. The molecular formula is C15H17FN4O2. The van der Waals surface area contributed by atoms with Crippen LogP contribution in [0.2, 0.25) is 0 Å². The standard InChI is InChI=1S/C15H17FN4O2/c16-14-9-13(20(21)22)5-6-15(14)17-10-11-7-8-19(18-11)12-3-1-2-4-12/h5-9,12,17H,1-4,10H2. The molecule has 22 heavy (non-hydrogen) atoms. The minimum atomic E-state index is -0.635. The van der Waals surface area contributed by atoms with E-state index >= 15 is 0 Å². The largest absolute Gasteiger partial charge is 0.377 e. The van der Waals surface area contributed by atoms with Crippen LogP contribution in [0.3, 0.4) is 0 Å². The van der Waals surface area contributed by atoms with Crippen LogP contribution >= 0.6 is 0 Å². The van der Waals surface area contributed by atoms with Crippen LogP contribution in [0, 0.1) is 15.9 Å². The molecule has 1 aliphatic rings. The second kappa shape index (κ2) is 6.13. The summed E-state index contributed by atoms with van der Waals surface area (Å²) in [4.78, 5) is 9.96. The Labute approximate surface area is 127 Å². The van der Waals surface area contributed by atoms with Gasteiger partial charge < -0.3 is 5.32 Å². The maximum Gasteiger partial charge on any atom is 0.272 e. The lowest BCUT2D eigenvalue weighted by Gasteiger charge is -2.09. The summed E-state index contributed by atoms with van der Waals surface area (Å²) in [6.07, 6.45) is 6.76. The van der Waals surface area contributed by atoms with Crippen molar-refractivity contribution >= 4 is 11.4 Å². The molecule has 0 unspecified atom stereocenters. The quantitative estimate of drug-likeness (QED) is 0.676. The fraction of sp³-hybridized carbons (Fsp3) is 0.400. The third kappa shape index (κ3) is 3.08. The third-order valence-corrected chi connectivity index (χ3v) is 3.99. The number of anilines is 1. The molecule has 0 radical (unpaired) electrons. The van der Waals surface area contributed by atoms with Crippen LogP contribution in [0.4, 0.5) is 15.8 Å². The Balaban J connectivity index is 1.64. The normalized spacial score (nSPS) is 15.1. The number of nitro groups is 1. The predicted octanol–water partition coefficient (Wildman–Crippen LogP) is 3.66. The number of nitrogens with zero attached hydrogens (tertiary/aromatic N) is 3. The molecule has 0 spiro atoms. The van der Waals surface area contributed by atoms with Crippen LogP contribution in [-0.4, -0.2) is 14.7 Å². The average molecular weight is 304 g/mol. The molecule has 3 rings (SSSR count). The Hall–Kier alpha value is -2.44. The van der Waals surface area contributed by atoms with Crippen molar-refractivity contribution < 1.29 is 9.31 Å². The highest BCUT2D eigenvalue weighted by molar-refractivity contribution is 5.50. The van der Waals surface area contributed by atoms with Crippen molar-refractivity contribution in [2.45, 2.75) is 38.3 Å². The van der Waals surface area contributed by atoms with E-state index in [4.69, 9.17) is 0 Å². The summed E-state index contributed by atoms with van der Waals surface area (Å²) in [7, 11) is 0. The fourth-order valence-corrected chi connectivity index (χ4v) is 2.79. The molecule has 1 heterocycles. The molecule has 1 aromatic carbocycles. The number of benzene rings is 1. The third-order valence-electron chi connectivity index (χ3n) is 3.99. The van der Waals surface area contributed by atoms with Crippen LogP contribution in [-0.2, 0) is 6.54 Å². The molecule has 0 atom stereocenters. The van der Waals surface area contributed by atoms with Gasteiger partial charge in [-0.15, -0.1) is 0 Å². The number of hydrogen-bond acceptors (Lipinski definition) is 4. The number of non-ortho nitro benzene ring substituents is 1. The smallest absolute Gasteiger partial charge is 0.272 e. The molecule has 0 amide bonds. The summed E-state index contributed by atoms with van der Waals surface area (Å²) >= 11 is 0.